The second-order valence-corrected chi connectivity index (χ2v) is 3.76. The Balaban J connectivity index is 2.56. The molecule has 64 valence electrons. The summed E-state index contributed by atoms with van der Waals surface area (Å²) < 4.78 is 24.9. The predicted molar refractivity (Wildman–Crippen MR) is 43.9 cm³/mol. The van der Waals surface area contributed by atoms with E-state index in [0.717, 1.165) is 0 Å². The minimum Gasteiger partial charge on any atom is -0.382 e. The molecular formula is C7H11F2NS. The zero-order valence-electron chi connectivity index (χ0n) is 6.58. The lowest BCUT2D eigenvalue weighted by Gasteiger charge is -2.44. The van der Waals surface area contributed by atoms with Crippen LogP contribution in [0.4, 0.5) is 8.78 Å². The number of halogens is 2. The van der Waals surface area contributed by atoms with Crippen molar-refractivity contribution < 1.29 is 8.78 Å². The first-order chi connectivity index (χ1) is 4.90. The molecule has 1 fully saturated rings. The summed E-state index contributed by atoms with van der Waals surface area (Å²) in [4.78, 5) is 0.545. The highest BCUT2D eigenvalue weighted by Crippen LogP contribution is 2.52. The normalized spacial score (nSPS) is 25.5. The van der Waals surface area contributed by atoms with Gasteiger partial charge in [-0.2, -0.15) is 0 Å². The molecule has 0 bridgehead atoms. The van der Waals surface area contributed by atoms with Crippen molar-refractivity contribution in [2.45, 2.75) is 25.7 Å². The minimum absolute atomic E-state index is 0.111. The van der Waals surface area contributed by atoms with Crippen LogP contribution < -0.4 is 5.32 Å². The lowest BCUT2D eigenvalue weighted by Crippen LogP contribution is -2.51. The largest absolute Gasteiger partial charge is 0.382 e. The maximum atomic E-state index is 12.4. The van der Waals surface area contributed by atoms with Crippen LogP contribution in [0.1, 0.15) is 19.8 Å². The van der Waals surface area contributed by atoms with Crippen LogP contribution in [0.3, 0.4) is 0 Å². The molecule has 0 aromatic heterocycles. The summed E-state index contributed by atoms with van der Waals surface area (Å²) in [5.41, 5.74) is -0.465. The Morgan fingerprint density at radius 1 is 1.45 bits per heavy atom. The molecule has 1 rings (SSSR count). The van der Waals surface area contributed by atoms with Gasteiger partial charge in [0.25, 0.3) is 0 Å². The predicted octanol–water partition coefficient (Wildman–Crippen LogP) is 1.97. The van der Waals surface area contributed by atoms with Gasteiger partial charge < -0.3 is 5.32 Å². The maximum absolute atomic E-state index is 12.4. The average molecular weight is 179 g/mol. The molecule has 0 aliphatic heterocycles. The minimum atomic E-state index is -2.49. The molecule has 0 unspecified atom stereocenters. The average Bonchev–Trinajstić information content (AvgIpc) is 1.81. The van der Waals surface area contributed by atoms with Gasteiger partial charge in [0, 0.05) is 25.3 Å². The molecule has 0 heterocycles. The third-order valence-corrected chi connectivity index (χ3v) is 2.77. The van der Waals surface area contributed by atoms with Gasteiger partial charge in [0.2, 0.25) is 5.92 Å². The molecule has 4 heteroatoms. The standard InChI is InChI=1S/C7H11F2NS/c1-6(5(11)10-2)3-7(8,9)4-6/h3-4H2,1-2H3,(H,10,11). The van der Waals surface area contributed by atoms with E-state index in [0.29, 0.717) is 4.99 Å². The molecule has 0 aromatic carbocycles. The molecule has 1 N–H and O–H groups in total. The van der Waals surface area contributed by atoms with Gasteiger partial charge in [0.1, 0.15) is 0 Å². The van der Waals surface area contributed by atoms with Crippen LogP contribution in [0, 0.1) is 5.41 Å². The van der Waals surface area contributed by atoms with Gasteiger partial charge in [-0.05, 0) is 0 Å². The van der Waals surface area contributed by atoms with Gasteiger partial charge in [0.15, 0.2) is 0 Å². The van der Waals surface area contributed by atoms with Crippen LogP contribution in [0.25, 0.3) is 0 Å². The molecule has 0 saturated heterocycles. The van der Waals surface area contributed by atoms with Crippen LogP contribution in [0.2, 0.25) is 0 Å². The highest BCUT2D eigenvalue weighted by atomic mass is 32.1. The van der Waals surface area contributed by atoms with Crippen molar-refractivity contribution in [3.63, 3.8) is 0 Å². The third-order valence-electron chi connectivity index (χ3n) is 2.07. The van der Waals surface area contributed by atoms with E-state index in [1.165, 1.54) is 0 Å². The van der Waals surface area contributed by atoms with Crippen LogP contribution >= 0.6 is 12.2 Å². The van der Waals surface area contributed by atoms with Gasteiger partial charge in [-0.25, -0.2) is 8.78 Å². The molecular weight excluding hydrogens is 168 g/mol. The number of thiocarbonyl (C=S) groups is 1. The Kier molecular flexibility index (Phi) is 1.90. The van der Waals surface area contributed by atoms with Crippen molar-refractivity contribution >= 4 is 17.2 Å². The van der Waals surface area contributed by atoms with E-state index in [2.05, 4.69) is 5.32 Å². The van der Waals surface area contributed by atoms with E-state index in [-0.39, 0.29) is 12.8 Å². The molecule has 0 amide bonds. The van der Waals surface area contributed by atoms with Crippen LogP contribution in [0.15, 0.2) is 0 Å². The van der Waals surface area contributed by atoms with Crippen molar-refractivity contribution in [3.8, 4) is 0 Å². The Morgan fingerprint density at radius 3 is 2.18 bits per heavy atom. The smallest absolute Gasteiger partial charge is 0.250 e. The summed E-state index contributed by atoms with van der Waals surface area (Å²) in [7, 11) is 1.67. The number of nitrogens with one attached hydrogen (secondary N) is 1. The summed E-state index contributed by atoms with van der Waals surface area (Å²) >= 11 is 4.90. The molecule has 1 nitrogen and oxygen atoms in total. The summed E-state index contributed by atoms with van der Waals surface area (Å²) in [6.07, 6.45) is -0.223. The fourth-order valence-electron chi connectivity index (χ4n) is 1.55. The molecule has 11 heavy (non-hydrogen) atoms. The van der Waals surface area contributed by atoms with Crippen LogP contribution in [-0.4, -0.2) is 18.0 Å². The summed E-state index contributed by atoms with van der Waals surface area (Å²) in [5, 5.41) is 2.74. The van der Waals surface area contributed by atoms with E-state index >= 15 is 0 Å². The first-order valence-electron chi connectivity index (χ1n) is 3.50. The van der Waals surface area contributed by atoms with Crippen LogP contribution in [0.5, 0.6) is 0 Å². The summed E-state index contributed by atoms with van der Waals surface area (Å²) in [6.45, 7) is 1.77. The Hall–Kier alpha value is -0.250. The second-order valence-electron chi connectivity index (χ2n) is 3.35. The van der Waals surface area contributed by atoms with Crippen molar-refractivity contribution in [3.05, 3.63) is 0 Å². The number of rotatable bonds is 1. The molecule has 1 saturated carbocycles. The lowest BCUT2D eigenvalue weighted by atomic mass is 9.67. The summed E-state index contributed by atoms with van der Waals surface area (Å²) in [5.74, 6) is -2.49. The first kappa shape index (κ1) is 8.84. The van der Waals surface area contributed by atoms with Gasteiger partial charge in [-0.1, -0.05) is 19.1 Å². The quantitative estimate of drug-likeness (QED) is 0.618. The molecule has 0 atom stereocenters. The van der Waals surface area contributed by atoms with Gasteiger partial charge >= 0.3 is 0 Å². The maximum Gasteiger partial charge on any atom is 0.250 e. The first-order valence-corrected chi connectivity index (χ1v) is 3.90. The number of hydrogen-bond donors (Lipinski definition) is 1. The van der Waals surface area contributed by atoms with Gasteiger partial charge in [-0.15, -0.1) is 0 Å². The molecule has 0 radical (unpaired) electrons. The fraction of sp³-hybridized carbons (Fsp3) is 0.857. The van der Waals surface area contributed by atoms with E-state index in [1.807, 2.05) is 0 Å². The second kappa shape index (κ2) is 2.37. The number of hydrogen-bond acceptors (Lipinski definition) is 1. The van der Waals surface area contributed by atoms with E-state index in [4.69, 9.17) is 12.2 Å². The van der Waals surface area contributed by atoms with E-state index in [1.54, 1.807) is 14.0 Å². The zero-order valence-corrected chi connectivity index (χ0v) is 7.39. The van der Waals surface area contributed by atoms with Gasteiger partial charge in [0.05, 0.1) is 4.99 Å². The van der Waals surface area contributed by atoms with Crippen molar-refractivity contribution in [1.29, 1.82) is 0 Å². The SMILES string of the molecule is CNC(=S)C1(C)CC(F)(F)C1. The molecule has 0 aromatic rings. The van der Waals surface area contributed by atoms with Crippen molar-refractivity contribution in [2.75, 3.05) is 7.05 Å². The summed E-state index contributed by atoms with van der Waals surface area (Å²) in [6, 6.07) is 0. The zero-order chi connectivity index (χ0) is 8.70. The lowest BCUT2D eigenvalue weighted by molar-refractivity contribution is -0.126. The van der Waals surface area contributed by atoms with Gasteiger partial charge in [-0.3, -0.25) is 0 Å². The highest BCUT2D eigenvalue weighted by molar-refractivity contribution is 7.80. The fourth-order valence-corrected chi connectivity index (χ4v) is 1.70. The van der Waals surface area contributed by atoms with E-state index in [9.17, 15) is 8.78 Å². The van der Waals surface area contributed by atoms with E-state index < -0.39 is 11.3 Å². The molecule has 1 aliphatic rings. The topological polar surface area (TPSA) is 12.0 Å². The van der Waals surface area contributed by atoms with Crippen molar-refractivity contribution in [2.24, 2.45) is 5.41 Å². The molecule has 0 spiro atoms. The van der Waals surface area contributed by atoms with Crippen molar-refractivity contribution in [1.82, 2.24) is 5.32 Å². The van der Waals surface area contributed by atoms with Crippen LogP contribution in [-0.2, 0) is 0 Å². The monoisotopic (exact) mass is 179 g/mol. The molecule has 1 aliphatic carbocycles. The Labute approximate surface area is 70.2 Å². The number of alkyl halides is 2. The Bertz CT molecular complexity index is 183. The Morgan fingerprint density at radius 2 is 1.91 bits per heavy atom. The highest BCUT2D eigenvalue weighted by Gasteiger charge is 2.55. The third kappa shape index (κ3) is 1.50.